The number of rotatable bonds is 14. The van der Waals surface area contributed by atoms with Crippen LogP contribution in [0.1, 0.15) is 81.4 Å². The second-order valence-corrected chi connectivity index (χ2v) is 9.22. The van der Waals surface area contributed by atoms with E-state index in [4.69, 9.17) is 9.94 Å². The second-order valence-electron chi connectivity index (χ2n) is 9.22. The van der Waals surface area contributed by atoms with Crippen molar-refractivity contribution >= 4 is 23.5 Å². The lowest BCUT2D eigenvalue weighted by Gasteiger charge is -2.21. The lowest BCUT2D eigenvalue weighted by Crippen LogP contribution is -2.32. The molecule has 0 aromatic heterocycles. The summed E-state index contributed by atoms with van der Waals surface area (Å²) in [7, 11) is 0. The number of amides is 2. The quantitative estimate of drug-likeness (QED) is 0.130. The van der Waals surface area contributed by atoms with Crippen molar-refractivity contribution < 1.29 is 24.3 Å². The Kier molecular flexibility index (Phi) is 11.4. The number of carbonyl (C=O) groups is 3. The third-order valence-electron chi connectivity index (χ3n) is 6.42. The Bertz CT molecular complexity index is 976. The Balaban J connectivity index is 1.53. The molecule has 0 unspecified atom stereocenters. The van der Waals surface area contributed by atoms with Crippen molar-refractivity contribution in [2.75, 3.05) is 5.32 Å². The van der Waals surface area contributed by atoms with E-state index < -0.39 is 6.04 Å². The minimum atomic E-state index is -0.594. The van der Waals surface area contributed by atoms with Crippen molar-refractivity contribution in [3.63, 3.8) is 0 Å². The van der Waals surface area contributed by atoms with E-state index in [1.54, 1.807) is 5.48 Å². The summed E-state index contributed by atoms with van der Waals surface area (Å²) >= 11 is 0. The maximum absolute atomic E-state index is 13.0. The molecule has 1 aliphatic carbocycles. The lowest BCUT2D eigenvalue weighted by atomic mass is 10.1. The maximum Gasteiger partial charge on any atom is 0.328 e. The molecule has 4 N–H and O–H groups in total. The molecule has 0 bridgehead atoms. The number of unbranched alkanes of at least 4 members (excludes halogenated alkanes) is 3. The fourth-order valence-electron chi connectivity index (χ4n) is 4.42. The molecule has 2 aromatic rings. The number of anilines is 1. The van der Waals surface area contributed by atoms with Crippen LogP contribution in [0.2, 0.25) is 0 Å². The molecule has 36 heavy (non-hydrogen) atoms. The standard InChI is InChI=1S/C28H37N3O5/c32-25(18-6-1-2-7-19-26(33)31-35)30-24-17-11-8-14-22(24)20-29-27(21-12-4-3-5-13-21)28(34)36-23-15-9-10-16-23/h3-5,8,11-14,17,23,27,29,35H,1-2,6-7,9-10,15-16,18-20H2,(H,30,32)(H,31,33)/t27-/m0/s1. The van der Waals surface area contributed by atoms with Gasteiger partial charge < -0.3 is 10.1 Å². The van der Waals surface area contributed by atoms with E-state index >= 15 is 0 Å². The summed E-state index contributed by atoms with van der Waals surface area (Å²) in [6, 6.07) is 16.5. The van der Waals surface area contributed by atoms with Gasteiger partial charge in [-0.2, -0.15) is 0 Å². The van der Waals surface area contributed by atoms with Crippen molar-refractivity contribution in [3.8, 4) is 0 Å². The number of para-hydroxylation sites is 1. The van der Waals surface area contributed by atoms with Gasteiger partial charge in [0.2, 0.25) is 11.8 Å². The zero-order chi connectivity index (χ0) is 25.6. The van der Waals surface area contributed by atoms with E-state index in [1.807, 2.05) is 54.6 Å². The van der Waals surface area contributed by atoms with Crippen molar-refractivity contribution in [2.24, 2.45) is 0 Å². The fraction of sp³-hybridized carbons (Fsp3) is 0.464. The third kappa shape index (κ3) is 9.09. The Morgan fingerprint density at radius 3 is 2.19 bits per heavy atom. The Morgan fingerprint density at radius 1 is 0.861 bits per heavy atom. The molecule has 1 saturated carbocycles. The van der Waals surface area contributed by atoms with Crippen LogP contribution in [-0.4, -0.2) is 29.1 Å². The Hall–Kier alpha value is -3.23. The molecule has 0 saturated heterocycles. The highest BCUT2D eigenvalue weighted by Crippen LogP contribution is 2.25. The van der Waals surface area contributed by atoms with Crippen LogP contribution in [0.15, 0.2) is 54.6 Å². The highest BCUT2D eigenvalue weighted by molar-refractivity contribution is 5.91. The van der Waals surface area contributed by atoms with Gasteiger partial charge in [0.15, 0.2) is 0 Å². The average Bonchev–Trinajstić information content (AvgIpc) is 3.40. The fourth-order valence-corrected chi connectivity index (χ4v) is 4.42. The van der Waals surface area contributed by atoms with Crippen LogP contribution in [-0.2, 0) is 25.7 Å². The van der Waals surface area contributed by atoms with E-state index in [9.17, 15) is 14.4 Å². The smallest absolute Gasteiger partial charge is 0.328 e. The molecule has 8 nitrogen and oxygen atoms in total. The van der Waals surface area contributed by atoms with Crippen LogP contribution < -0.4 is 16.1 Å². The monoisotopic (exact) mass is 495 g/mol. The second kappa shape index (κ2) is 15.0. The van der Waals surface area contributed by atoms with E-state index in [0.717, 1.165) is 56.1 Å². The first-order valence-corrected chi connectivity index (χ1v) is 12.9. The van der Waals surface area contributed by atoms with E-state index in [1.165, 1.54) is 0 Å². The van der Waals surface area contributed by atoms with Gasteiger partial charge in [-0.15, -0.1) is 0 Å². The summed E-state index contributed by atoms with van der Waals surface area (Å²) in [5.41, 5.74) is 4.07. The molecule has 1 fully saturated rings. The van der Waals surface area contributed by atoms with Gasteiger partial charge in [-0.3, -0.25) is 20.1 Å². The molecule has 2 aromatic carbocycles. The van der Waals surface area contributed by atoms with Gasteiger partial charge in [-0.25, -0.2) is 10.3 Å². The summed E-state index contributed by atoms with van der Waals surface area (Å²) in [4.78, 5) is 36.6. The lowest BCUT2D eigenvalue weighted by molar-refractivity contribution is -0.151. The minimum Gasteiger partial charge on any atom is -0.461 e. The summed E-state index contributed by atoms with van der Waals surface area (Å²) in [5.74, 6) is -0.735. The van der Waals surface area contributed by atoms with Crippen molar-refractivity contribution in [1.82, 2.24) is 10.8 Å². The molecule has 8 heteroatoms. The first-order valence-electron chi connectivity index (χ1n) is 12.9. The molecule has 1 aliphatic rings. The maximum atomic E-state index is 13.0. The zero-order valence-electron chi connectivity index (χ0n) is 20.7. The number of nitrogens with one attached hydrogen (secondary N) is 3. The highest BCUT2D eigenvalue weighted by atomic mass is 16.5. The molecule has 0 radical (unpaired) electrons. The van der Waals surface area contributed by atoms with Gasteiger partial charge in [-0.05, 0) is 55.7 Å². The van der Waals surface area contributed by atoms with Crippen molar-refractivity contribution in [2.45, 2.75) is 82.9 Å². The van der Waals surface area contributed by atoms with Crippen LogP contribution in [0, 0.1) is 0 Å². The van der Waals surface area contributed by atoms with E-state index in [-0.39, 0.29) is 30.3 Å². The largest absolute Gasteiger partial charge is 0.461 e. The summed E-state index contributed by atoms with van der Waals surface area (Å²) in [6.45, 7) is 0.392. The summed E-state index contributed by atoms with van der Waals surface area (Å²) in [6.07, 6.45) is 7.71. The van der Waals surface area contributed by atoms with Gasteiger partial charge >= 0.3 is 5.97 Å². The number of carbonyl (C=O) groups excluding carboxylic acids is 3. The average molecular weight is 496 g/mol. The number of ether oxygens (including phenoxy) is 1. The molecule has 194 valence electrons. The van der Waals surface area contributed by atoms with Gasteiger partial charge in [0.05, 0.1) is 0 Å². The van der Waals surface area contributed by atoms with Crippen molar-refractivity contribution in [1.29, 1.82) is 0 Å². The van der Waals surface area contributed by atoms with Gasteiger partial charge in [0.25, 0.3) is 0 Å². The van der Waals surface area contributed by atoms with Crippen LogP contribution in [0.3, 0.4) is 0 Å². The van der Waals surface area contributed by atoms with Gasteiger partial charge in [0.1, 0.15) is 12.1 Å². The van der Waals surface area contributed by atoms with Crippen molar-refractivity contribution in [3.05, 3.63) is 65.7 Å². The first-order chi connectivity index (χ1) is 17.6. The predicted octanol–water partition coefficient (Wildman–Crippen LogP) is 4.79. The Labute approximate surface area is 212 Å². The highest BCUT2D eigenvalue weighted by Gasteiger charge is 2.26. The summed E-state index contributed by atoms with van der Waals surface area (Å²) < 4.78 is 5.80. The molecular weight excluding hydrogens is 458 g/mol. The molecule has 0 spiro atoms. The molecular formula is C28H37N3O5. The predicted molar refractivity (Wildman–Crippen MR) is 137 cm³/mol. The molecule has 1 atom stereocenters. The number of esters is 1. The van der Waals surface area contributed by atoms with E-state index in [2.05, 4.69) is 10.6 Å². The molecule has 0 aliphatic heterocycles. The van der Waals surface area contributed by atoms with Crippen LogP contribution >= 0.6 is 0 Å². The molecule has 0 heterocycles. The van der Waals surface area contributed by atoms with Crippen LogP contribution in [0.4, 0.5) is 5.69 Å². The zero-order valence-corrected chi connectivity index (χ0v) is 20.7. The molecule has 2 amide bonds. The SMILES string of the molecule is O=C(CCCCCCC(=O)Nc1ccccc1CN[C@H](C(=O)OC1CCCC1)c1ccccc1)NO. The van der Waals surface area contributed by atoms with Gasteiger partial charge in [-0.1, -0.05) is 61.4 Å². The van der Waals surface area contributed by atoms with Gasteiger partial charge in [0, 0.05) is 25.1 Å². The number of hydroxylamine groups is 1. The minimum absolute atomic E-state index is 0.0103. The number of benzene rings is 2. The van der Waals surface area contributed by atoms with Crippen LogP contribution in [0.25, 0.3) is 0 Å². The Morgan fingerprint density at radius 2 is 1.50 bits per heavy atom. The first kappa shape index (κ1) is 27.4. The number of hydrogen-bond acceptors (Lipinski definition) is 6. The number of hydrogen-bond donors (Lipinski definition) is 4. The third-order valence-corrected chi connectivity index (χ3v) is 6.42. The van der Waals surface area contributed by atoms with E-state index in [0.29, 0.717) is 25.1 Å². The molecule has 3 rings (SSSR count). The normalized spacial score (nSPS) is 14.2. The van der Waals surface area contributed by atoms with Crippen LogP contribution in [0.5, 0.6) is 0 Å². The summed E-state index contributed by atoms with van der Waals surface area (Å²) in [5, 5.41) is 14.8. The topological polar surface area (TPSA) is 117 Å².